The molecule has 0 aromatic heterocycles. The maximum atomic E-state index is 13.0. The predicted octanol–water partition coefficient (Wildman–Crippen LogP) is 3.21. The van der Waals surface area contributed by atoms with Gasteiger partial charge < -0.3 is 10.5 Å². The Morgan fingerprint density at radius 1 is 1.10 bits per heavy atom. The van der Waals surface area contributed by atoms with E-state index in [4.69, 9.17) is 10.5 Å². The molecule has 2 N–H and O–H groups in total. The second-order valence-corrected chi connectivity index (χ2v) is 4.49. The molecule has 0 aliphatic rings. The van der Waals surface area contributed by atoms with Gasteiger partial charge in [-0.15, -0.1) is 0 Å². The molecule has 0 saturated carbocycles. The Kier molecular flexibility index (Phi) is 3.98. The molecular formula is C15H13F2NO2. The van der Waals surface area contributed by atoms with E-state index in [0.717, 1.165) is 23.8 Å². The van der Waals surface area contributed by atoms with Gasteiger partial charge in [-0.25, -0.2) is 13.6 Å². The van der Waals surface area contributed by atoms with Crippen molar-refractivity contribution in [3.63, 3.8) is 0 Å². The van der Waals surface area contributed by atoms with Crippen molar-refractivity contribution >= 4 is 11.7 Å². The quantitative estimate of drug-likeness (QED) is 0.692. The second kappa shape index (κ2) is 5.69. The van der Waals surface area contributed by atoms with Crippen molar-refractivity contribution in [1.29, 1.82) is 0 Å². The van der Waals surface area contributed by atoms with Gasteiger partial charge in [-0.2, -0.15) is 0 Å². The number of ether oxygens (including phenoxy) is 1. The van der Waals surface area contributed by atoms with Crippen LogP contribution in [0.25, 0.3) is 0 Å². The Balaban J connectivity index is 2.08. The smallest absolute Gasteiger partial charge is 0.338 e. The maximum Gasteiger partial charge on any atom is 0.338 e. The molecule has 104 valence electrons. The van der Waals surface area contributed by atoms with Crippen LogP contribution in [0.4, 0.5) is 14.5 Å². The summed E-state index contributed by atoms with van der Waals surface area (Å²) in [6, 6.07) is 7.82. The number of nitrogens with two attached hydrogens (primary N) is 1. The van der Waals surface area contributed by atoms with Gasteiger partial charge in [-0.3, -0.25) is 0 Å². The minimum absolute atomic E-state index is 0.207. The predicted molar refractivity (Wildman–Crippen MR) is 71.1 cm³/mol. The molecule has 20 heavy (non-hydrogen) atoms. The molecule has 0 atom stereocenters. The van der Waals surface area contributed by atoms with E-state index >= 15 is 0 Å². The number of nitrogen functional groups attached to an aromatic ring is 1. The minimum Gasteiger partial charge on any atom is -0.457 e. The van der Waals surface area contributed by atoms with E-state index in [0.29, 0.717) is 11.3 Å². The van der Waals surface area contributed by atoms with Crippen LogP contribution in [0, 0.1) is 18.6 Å². The largest absolute Gasteiger partial charge is 0.457 e. The molecule has 0 unspecified atom stereocenters. The summed E-state index contributed by atoms with van der Waals surface area (Å²) in [5.41, 5.74) is 7.47. The first-order valence-electron chi connectivity index (χ1n) is 5.93. The zero-order chi connectivity index (χ0) is 14.7. The lowest BCUT2D eigenvalue weighted by molar-refractivity contribution is 0.0472. The SMILES string of the molecule is Cc1cc(N)cc(C(=O)OCc2cc(F)cc(F)c2)c1. The minimum atomic E-state index is -0.712. The van der Waals surface area contributed by atoms with Crippen molar-refractivity contribution in [2.75, 3.05) is 5.73 Å². The Labute approximate surface area is 115 Å². The number of aryl methyl sites for hydroxylation is 1. The standard InChI is InChI=1S/C15H13F2NO2/c1-9-2-11(6-14(18)3-9)15(19)20-8-10-4-12(16)7-13(17)5-10/h2-7H,8,18H2,1H3. The zero-order valence-electron chi connectivity index (χ0n) is 10.8. The summed E-state index contributed by atoms with van der Waals surface area (Å²) >= 11 is 0. The normalized spacial score (nSPS) is 10.3. The molecule has 0 spiro atoms. The molecule has 2 aromatic rings. The lowest BCUT2D eigenvalue weighted by Crippen LogP contribution is -2.06. The molecule has 0 heterocycles. The maximum absolute atomic E-state index is 13.0. The fourth-order valence-electron chi connectivity index (χ4n) is 1.86. The van der Waals surface area contributed by atoms with Crippen LogP contribution in [-0.4, -0.2) is 5.97 Å². The molecule has 2 aromatic carbocycles. The van der Waals surface area contributed by atoms with Crippen molar-refractivity contribution in [2.45, 2.75) is 13.5 Å². The number of halogens is 2. The Morgan fingerprint density at radius 3 is 2.35 bits per heavy atom. The highest BCUT2D eigenvalue weighted by Gasteiger charge is 2.09. The van der Waals surface area contributed by atoms with Gasteiger partial charge in [-0.1, -0.05) is 0 Å². The number of anilines is 1. The highest BCUT2D eigenvalue weighted by molar-refractivity contribution is 5.90. The summed E-state index contributed by atoms with van der Waals surface area (Å²) in [4.78, 5) is 11.8. The summed E-state index contributed by atoms with van der Waals surface area (Å²) in [7, 11) is 0. The molecule has 3 nitrogen and oxygen atoms in total. The van der Waals surface area contributed by atoms with Crippen molar-refractivity contribution in [3.05, 3.63) is 64.7 Å². The van der Waals surface area contributed by atoms with Crippen LogP contribution in [0.15, 0.2) is 36.4 Å². The van der Waals surface area contributed by atoms with Gasteiger partial charge >= 0.3 is 5.97 Å². The molecule has 0 bridgehead atoms. The van der Waals surface area contributed by atoms with E-state index in [1.54, 1.807) is 19.1 Å². The van der Waals surface area contributed by atoms with Crippen LogP contribution in [0.1, 0.15) is 21.5 Å². The van der Waals surface area contributed by atoms with Gasteiger partial charge in [0.1, 0.15) is 18.2 Å². The molecule has 2 rings (SSSR count). The van der Waals surface area contributed by atoms with Crippen molar-refractivity contribution < 1.29 is 18.3 Å². The number of hydrogen-bond acceptors (Lipinski definition) is 3. The van der Waals surface area contributed by atoms with Gasteiger partial charge in [0.05, 0.1) is 5.56 Å². The average Bonchev–Trinajstić information content (AvgIpc) is 2.33. The van der Waals surface area contributed by atoms with Crippen molar-refractivity contribution in [1.82, 2.24) is 0 Å². The number of rotatable bonds is 3. The molecule has 0 aliphatic heterocycles. The third kappa shape index (κ3) is 3.54. The monoisotopic (exact) mass is 277 g/mol. The third-order valence-electron chi connectivity index (χ3n) is 2.63. The average molecular weight is 277 g/mol. The fourth-order valence-corrected chi connectivity index (χ4v) is 1.86. The number of hydrogen-bond donors (Lipinski definition) is 1. The summed E-state index contributed by atoms with van der Waals surface area (Å²) < 4.78 is 31.0. The number of esters is 1. The van der Waals surface area contributed by atoms with Crippen molar-refractivity contribution in [2.24, 2.45) is 0 Å². The summed E-state index contributed by atoms with van der Waals surface area (Å²) in [5, 5.41) is 0. The Morgan fingerprint density at radius 2 is 1.75 bits per heavy atom. The lowest BCUT2D eigenvalue weighted by Gasteiger charge is -2.07. The van der Waals surface area contributed by atoms with Crippen molar-refractivity contribution in [3.8, 4) is 0 Å². The third-order valence-corrected chi connectivity index (χ3v) is 2.63. The molecule has 0 amide bonds. The first-order valence-corrected chi connectivity index (χ1v) is 5.93. The molecular weight excluding hydrogens is 264 g/mol. The molecule has 0 fully saturated rings. The van der Waals surface area contributed by atoms with E-state index in [1.165, 1.54) is 6.07 Å². The van der Waals surface area contributed by atoms with Crippen LogP contribution in [0.5, 0.6) is 0 Å². The van der Waals surface area contributed by atoms with Gasteiger partial charge in [0, 0.05) is 11.8 Å². The van der Waals surface area contributed by atoms with E-state index in [1.807, 2.05) is 0 Å². The zero-order valence-corrected chi connectivity index (χ0v) is 10.8. The van der Waals surface area contributed by atoms with Crippen LogP contribution < -0.4 is 5.73 Å². The lowest BCUT2D eigenvalue weighted by atomic mass is 10.1. The highest BCUT2D eigenvalue weighted by Crippen LogP contribution is 2.14. The van der Waals surface area contributed by atoms with E-state index in [-0.39, 0.29) is 12.2 Å². The van der Waals surface area contributed by atoms with Gasteiger partial charge in [0.25, 0.3) is 0 Å². The van der Waals surface area contributed by atoms with Crippen LogP contribution in [0.3, 0.4) is 0 Å². The Hall–Kier alpha value is -2.43. The highest BCUT2D eigenvalue weighted by atomic mass is 19.1. The van der Waals surface area contributed by atoms with Gasteiger partial charge in [-0.05, 0) is 48.4 Å². The van der Waals surface area contributed by atoms with E-state index < -0.39 is 17.6 Å². The summed E-state index contributed by atoms with van der Waals surface area (Å²) in [6.45, 7) is 1.59. The molecule has 0 aliphatic carbocycles. The van der Waals surface area contributed by atoms with Crippen LogP contribution >= 0.6 is 0 Å². The molecule has 0 saturated heterocycles. The number of carbonyl (C=O) groups excluding carboxylic acids is 1. The fraction of sp³-hybridized carbons (Fsp3) is 0.133. The molecule has 0 radical (unpaired) electrons. The van der Waals surface area contributed by atoms with E-state index in [9.17, 15) is 13.6 Å². The van der Waals surface area contributed by atoms with Crippen LogP contribution in [0.2, 0.25) is 0 Å². The first-order chi connectivity index (χ1) is 9.44. The number of benzene rings is 2. The number of carbonyl (C=O) groups is 1. The topological polar surface area (TPSA) is 52.3 Å². The Bertz CT molecular complexity index is 616. The van der Waals surface area contributed by atoms with Crippen LogP contribution in [-0.2, 0) is 11.3 Å². The second-order valence-electron chi connectivity index (χ2n) is 4.49. The van der Waals surface area contributed by atoms with E-state index in [2.05, 4.69) is 0 Å². The van der Waals surface area contributed by atoms with Gasteiger partial charge in [0.15, 0.2) is 0 Å². The first kappa shape index (κ1) is 14.0. The summed E-state index contributed by atoms with van der Waals surface area (Å²) in [5.74, 6) is -2.02. The van der Waals surface area contributed by atoms with Gasteiger partial charge in [0.2, 0.25) is 0 Å². The summed E-state index contributed by atoms with van der Waals surface area (Å²) in [6.07, 6.45) is 0. The molecule has 5 heteroatoms.